The molecule has 0 aromatic heterocycles. The van der Waals surface area contributed by atoms with E-state index in [0.29, 0.717) is 6.61 Å². The summed E-state index contributed by atoms with van der Waals surface area (Å²) < 4.78 is 11.8. The highest BCUT2D eigenvalue weighted by Crippen LogP contribution is 2.37. The molecule has 0 saturated carbocycles. The zero-order chi connectivity index (χ0) is 14.7. The number of nitrogens with two attached hydrogens (primary N) is 1. The van der Waals surface area contributed by atoms with Gasteiger partial charge in [-0.2, -0.15) is 0 Å². The van der Waals surface area contributed by atoms with E-state index in [4.69, 9.17) is 14.9 Å². The van der Waals surface area contributed by atoms with Crippen molar-refractivity contribution in [3.63, 3.8) is 0 Å². The first-order valence-corrected chi connectivity index (χ1v) is 9.60. The summed E-state index contributed by atoms with van der Waals surface area (Å²) in [5.74, 6) is 0. The van der Waals surface area contributed by atoms with Crippen LogP contribution in [0.2, 0.25) is 18.1 Å². The molecule has 0 unspecified atom stereocenters. The average molecular weight is 281 g/mol. The normalized spacial score (nSPS) is 14.4. The van der Waals surface area contributed by atoms with Crippen molar-refractivity contribution in [2.24, 2.45) is 0 Å². The standard InChI is InChI=1S/C15H27NO2Si/c1-15(2,3)19(5,6)18-11-14(17-4)12-8-7-9-13(16)10-12/h7-10,14H,11,16H2,1-6H3/t14-/m0/s1. The van der Waals surface area contributed by atoms with Crippen molar-refractivity contribution in [3.05, 3.63) is 29.8 Å². The van der Waals surface area contributed by atoms with Crippen molar-refractivity contribution in [1.29, 1.82) is 0 Å². The molecule has 0 saturated heterocycles. The highest BCUT2D eigenvalue weighted by Gasteiger charge is 2.37. The van der Waals surface area contributed by atoms with Crippen LogP contribution in [0.5, 0.6) is 0 Å². The molecule has 1 aromatic carbocycles. The Morgan fingerprint density at radius 2 is 1.89 bits per heavy atom. The molecular formula is C15H27NO2Si. The summed E-state index contributed by atoms with van der Waals surface area (Å²) in [6.45, 7) is 11.8. The quantitative estimate of drug-likeness (QED) is 0.656. The van der Waals surface area contributed by atoms with Gasteiger partial charge in [0.1, 0.15) is 6.10 Å². The van der Waals surface area contributed by atoms with E-state index < -0.39 is 8.32 Å². The Morgan fingerprint density at radius 1 is 1.26 bits per heavy atom. The first kappa shape index (κ1) is 16.2. The zero-order valence-electron chi connectivity index (χ0n) is 13.0. The third kappa shape index (κ3) is 4.33. The lowest BCUT2D eigenvalue weighted by atomic mass is 10.1. The molecule has 108 valence electrons. The average Bonchev–Trinajstić information content (AvgIpc) is 2.28. The fraction of sp³-hybridized carbons (Fsp3) is 0.600. The van der Waals surface area contributed by atoms with Crippen LogP contribution in [0.25, 0.3) is 0 Å². The van der Waals surface area contributed by atoms with Crippen LogP contribution < -0.4 is 5.73 Å². The minimum absolute atomic E-state index is 0.0578. The van der Waals surface area contributed by atoms with E-state index in [1.165, 1.54) is 0 Å². The topological polar surface area (TPSA) is 44.5 Å². The van der Waals surface area contributed by atoms with Crippen LogP contribution in [0.15, 0.2) is 24.3 Å². The van der Waals surface area contributed by atoms with E-state index >= 15 is 0 Å². The summed E-state index contributed by atoms with van der Waals surface area (Å²) in [5, 5.41) is 0.209. The van der Waals surface area contributed by atoms with Crippen LogP contribution in [-0.2, 0) is 9.16 Å². The minimum Gasteiger partial charge on any atom is -0.414 e. The van der Waals surface area contributed by atoms with Gasteiger partial charge in [-0.1, -0.05) is 32.9 Å². The first-order valence-electron chi connectivity index (χ1n) is 6.69. The summed E-state index contributed by atoms with van der Waals surface area (Å²) in [4.78, 5) is 0. The number of hydrogen-bond donors (Lipinski definition) is 1. The van der Waals surface area contributed by atoms with Crippen molar-refractivity contribution in [2.45, 2.75) is 45.0 Å². The highest BCUT2D eigenvalue weighted by atomic mass is 28.4. The van der Waals surface area contributed by atoms with E-state index in [-0.39, 0.29) is 11.1 Å². The number of benzene rings is 1. The van der Waals surface area contributed by atoms with Gasteiger partial charge >= 0.3 is 0 Å². The summed E-state index contributed by atoms with van der Waals surface area (Å²) in [5.41, 5.74) is 7.64. The Labute approximate surface area is 118 Å². The summed E-state index contributed by atoms with van der Waals surface area (Å²) in [6, 6.07) is 7.80. The maximum Gasteiger partial charge on any atom is 0.192 e. The molecule has 0 heterocycles. The molecule has 4 heteroatoms. The molecule has 3 nitrogen and oxygen atoms in total. The fourth-order valence-corrected chi connectivity index (χ4v) is 2.56. The predicted molar refractivity (Wildman–Crippen MR) is 83.8 cm³/mol. The van der Waals surface area contributed by atoms with E-state index in [0.717, 1.165) is 11.3 Å². The van der Waals surface area contributed by atoms with Crippen molar-refractivity contribution < 1.29 is 9.16 Å². The van der Waals surface area contributed by atoms with Gasteiger partial charge in [-0.15, -0.1) is 0 Å². The third-order valence-corrected chi connectivity index (χ3v) is 8.47. The predicted octanol–water partition coefficient (Wildman–Crippen LogP) is 3.98. The fourth-order valence-electron chi connectivity index (χ4n) is 1.56. The number of ether oxygens (including phenoxy) is 1. The Bertz CT molecular complexity index is 413. The highest BCUT2D eigenvalue weighted by molar-refractivity contribution is 6.74. The second-order valence-corrected chi connectivity index (χ2v) is 11.3. The van der Waals surface area contributed by atoms with Crippen LogP contribution in [0.1, 0.15) is 32.4 Å². The number of hydrogen-bond acceptors (Lipinski definition) is 3. The summed E-state index contributed by atoms with van der Waals surface area (Å²) in [7, 11) is -0.0305. The Morgan fingerprint density at radius 3 is 2.37 bits per heavy atom. The van der Waals surface area contributed by atoms with E-state index in [2.05, 4.69) is 33.9 Å². The van der Waals surface area contributed by atoms with Gasteiger partial charge in [0, 0.05) is 12.8 Å². The van der Waals surface area contributed by atoms with Gasteiger partial charge in [0.25, 0.3) is 0 Å². The van der Waals surface area contributed by atoms with E-state index in [1.54, 1.807) is 7.11 Å². The first-order chi connectivity index (χ1) is 8.67. The molecule has 19 heavy (non-hydrogen) atoms. The summed E-state index contributed by atoms with van der Waals surface area (Å²) in [6.07, 6.45) is -0.0578. The SMILES string of the molecule is CO[C@@H](CO[Si](C)(C)C(C)(C)C)c1cccc(N)c1. The van der Waals surface area contributed by atoms with Gasteiger partial charge in [0.05, 0.1) is 6.61 Å². The molecule has 1 atom stereocenters. The summed E-state index contributed by atoms with van der Waals surface area (Å²) >= 11 is 0. The van der Waals surface area contributed by atoms with E-state index in [1.807, 2.05) is 24.3 Å². The van der Waals surface area contributed by atoms with Gasteiger partial charge in [-0.3, -0.25) is 0 Å². The lowest BCUT2D eigenvalue weighted by Gasteiger charge is -2.37. The van der Waals surface area contributed by atoms with Gasteiger partial charge in [0.2, 0.25) is 0 Å². The Balaban J connectivity index is 2.74. The number of anilines is 1. The van der Waals surface area contributed by atoms with Crippen molar-refractivity contribution in [1.82, 2.24) is 0 Å². The number of rotatable bonds is 5. The molecule has 0 amide bonds. The monoisotopic (exact) mass is 281 g/mol. The second kappa shape index (κ2) is 6.07. The van der Waals surface area contributed by atoms with Gasteiger partial charge in [0.15, 0.2) is 8.32 Å². The molecule has 1 aromatic rings. The van der Waals surface area contributed by atoms with Crippen molar-refractivity contribution in [3.8, 4) is 0 Å². The molecule has 0 bridgehead atoms. The lowest BCUT2D eigenvalue weighted by Crippen LogP contribution is -2.41. The maximum atomic E-state index is 6.21. The molecule has 1 rings (SSSR count). The molecule has 0 fully saturated rings. The Hall–Kier alpha value is -0.843. The van der Waals surface area contributed by atoms with Crippen LogP contribution in [0.4, 0.5) is 5.69 Å². The van der Waals surface area contributed by atoms with E-state index in [9.17, 15) is 0 Å². The van der Waals surface area contributed by atoms with Crippen molar-refractivity contribution >= 4 is 14.0 Å². The molecule has 0 aliphatic rings. The molecule has 0 spiro atoms. The van der Waals surface area contributed by atoms with Gasteiger partial charge < -0.3 is 14.9 Å². The van der Waals surface area contributed by atoms with Crippen LogP contribution in [0.3, 0.4) is 0 Å². The zero-order valence-corrected chi connectivity index (χ0v) is 14.0. The number of nitrogen functional groups attached to an aromatic ring is 1. The van der Waals surface area contributed by atoms with Crippen LogP contribution >= 0.6 is 0 Å². The van der Waals surface area contributed by atoms with Crippen molar-refractivity contribution in [2.75, 3.05) is 19.5 Å². The van der Waals surface area contributed by atoms with Crippen LogP contribution in [0, 0.1) is 0 Å². The Kier molecular flexibility index (Phi) is 5.18. The van der Waals surface area contributed by atoms with Gasteiger partial charge in [-0.25, -0.2) is 0 Å². The van der Waals surface area contributed by atoms with Crippen LogP contribution in [-0.4, -0.2) is 22.0 Å². The largest absolute Gasteiger partial charge is 0.414 e. The maximum absolute atomic E-state index is 6.21. The lowest BCUT2D eigenvalue weighted by molar-refractivity contribution is 0.0525. The molecule has 0 radical (unpaired) electrons. The third-order valence-electron chi connectivity index (χ3n) is 3.97. The van der Waals surface area contributed by atoms with Gasteiger partial charge in [-0.05, 0) is 35.8 Å². The minimum atomic E-state index is -1.74. The second-order valence-electron chi connectivity index (χ2n) is 6.47. The number of methoxy groups -OCH3 is 1. The molecule has 2 N–H and O–H groups in total. The molecule has 0 aliphatic heterocycles. The molecule has 0 aliphatic carbocycles. The smallest absolute Gasteiger partial charge is 0.192 e. The molecular weight excluding hydrogens is 254 g/mol.